The summed E-state index contributed by atoms with van der Waals surface area (Å²) >= 11 is 0. The number of amides is 1. The average Bonchev–Trinajstić information content (AvgIpc) is 2.38. The van der Waals surface area contributed by atoms with Crippen molar-refractivity contribution in [3.8, 4) is 0 Å². The van der Waals surface area contributed by atoms with E-state index in [2.05, 4.69) is 13.8 Å². The van der Waals surface area contributed by atoms with Crippen LogP contribution < -0.4 is 5.73 Å². The van der Waals surface area contributed by atoms with Gasteiger partial charge in [-0.25, -0.2) is 0 Å². The van der Waals surface area contributed by atoms with Gasteiger partial charge in [0.2, 0.25) is 0 Å². The number of carbonyl (C=O) groups excluding carboxylic acids is 1. The summed E-state index contributed by atoms with van der Waals surface area (Å²) in [5.41, 5.74) is 7.46. The van der Waals surface area contributed by atoms with Crippen LogP contribution in [0.4, 0.5) is 0 Å². The highest BCUT2D eigenvalue weighted by Gasteiger charge is 2.14. The zero-order chi connectivity index (χ0) is 13.4. The van der Waals surface area contributed by atoms with E-state index in [0.717, 1.165) is 43.5 Å². The van der Waals surface area contributed by atoms with Crippen LogP contribution >= 0.6 is 0 Å². The van der Waals surface area contributed by atoms with Gasteiger partial charge in [0.1, 0.15) is 0 Å². The second kappa shape index (κ2) is 7.88. The molecule has 2 N–H and O–H groups in total. The summed E-state index contributed by atoms with van der Waals surface area (Å²) in [7, 11) is 0. The Balaban J connectivity index is 2.82. The van der Waals surface area contributed by atoms with E-state index < -0.39 is 0 Å². The fraction of sp³-hybridized carbons (Fsp3) is 0.533. The largest absolute Gasteiger partial charge is 0.339 e. The van der Waals surface area contributed by atoms with Crippen molar-refractivity contribution in [2.45, 2.75) is 33.1 Å². The van der Waals surface area contributed by atoms with E-state index in [1.807, 2.05) is 29.2 Å². The Hall–Kier alpha value is -1.35. The van der Waals surface area contributed by atoms with Crippen LogP contribution in [0.5, 0.6) is 0 Å². The molecule has 0 heterocycles. The van der Waals surface area contributed by atoms with Crippen LogP contribution in [0.2, 0.25) is 0 Å². The normalized spacial score (nSPS) is 10.4. The van der Waals surface area contributed by atoms with Gasteiger partial charge in [0.05, 0.1) is 0 Å². The van der Waals surface area contributed by atoms with Gasteiger partial charge in [-0.1, -0.05) is 26.0 Å². The number of benzene rings is 1. The monoisotopic (exact) mass is 248 g/mol. The van der Waals surface area contributed by atoms with Crippen molar-refractivity contribution in [2.24, 2.45) is 5.73 Å². The lowest BCUT2D eigenvalue weighted by molar-refractivity contribution is 0.0755. The summed E-state index contributed by atoms with van der Waals surface area (Å²) in [6, 6.07) is 7.82. The molecule has 0 saturated carbocycles. The first-order valence-corrected chi connectivity index (χ1v) is 6.81. The standard InChI is InChI=1S/C15H24N2O/c1-3-10-17(11-4-2)15(18)14-7-5-6-13(12-14)8-9-16/h5-7,12H,3-4,8-11,16H2,1-2H3. The number of hydrogen-bond donors (Lipinski definition) is 1. The third-order valence-electron chi connectivity index (χ3n) is 2.88. The number of nitrogens with two attached hydrogens (primary N) is 1. The molecule has 1 rings (SSSR count). The van der Waals surface area contributed by atoms with Gasteiger partial charge in [0.15, 0.2) is 0 Å². The molecule has 0 unspecified atom stereocenters. The van der Waals surface area contributed by atoms with Gasteiger partial charge in [0.25, 0.3) is 5.91 Å². The van der Waals surface area contributed by atoms with E-state index in [9.17, 15) is 4.79 Å². The van der Waals surface area contributed by atoms with Crippen molar-refractivity contribution in [3.63, 3.8) is 0 Å². The first-order chi connectivity index (χ1) is 8.72. The molecule has 3 nitrogen and oxygen atoms in total. The quantitative estimate of drug-likeness (QED) is 0.805. The summed E-state index contributed by atoms with van der Waals surface area (Å²) < 4.78 is 0. The van der Waals surface area contributed by atoms with Crippen molar-refractivity contribution < 1.29 is 4.79 Å². The topological polar surface area (TPSA) is 46.3 Å². The van der Waals surface area contributed by atoms with Gasteiger partial charge in [-0.05, 0) is 43.5 Å². The zero-order valence-electron chi connectivity index (χ0n) is 11.5. The maximum Gasteiger partial charge on any atom is 0.253 e. The smallest absolute Gasteiger partial charge is 0.253 e. The van der Waals surface area contributed by atoms with Crippen LogP contribution in [0, 0.1) is 0 Å². The van der Waals surface area contributed by atoms with Gasteiger partial charge >= 0.3 is 0 Å². The summed E-state index contributed by atoms with van der Waals surface area (Å²) in [6.07, 6.45) is 2.81. The number of carbonyl (C=O) groups is 1. The van der Waals surface area contributed by atoms with E-state index in [1.165, 1.54) is 0 Å². The fourth-order valence-corrected chi connectivity index (χ4v) is 2.06. The minimum absolute atomic E-state index is 0.137. The zero-order valence-corrected chi connectivity index (χ0v) is 11.5. The molecular weight excluding hydrogens is 224 g/mol. The molecule has 0 aliphatic heterocycles. The predicted molar refractivity (Wildman–Crippen MR) is 75.7 cm³/mol. The van der Waals surface area contributed by atoms with Crippen LogP contribution in [0.25, 0.3) is 0 Å². The van der Waals surface area contributed by atoms with Gasteiger partial charge in [-0.15, -0.1) is 0 Å². The molecule has 0 aromatic heterocycles. The molecule has 0 spiro atoms. The maximum atomic E-state index is 12.4. The van der Waals surface area contributed by atoms with Crippen molar-refractivity contribution in [1.82, 2.24) is 4.90 Å². The molecule has 0 radical (unpaired) electrons. The second-order valence-corrected chi connectivity index (χ2v) is 4.53. The molecule has 0 atom stereocenters. The number of nitrogens with zero attached hydrogens (tertiary/aromatic N) is 1. The van der Waals surface area contributed by atoms with Gasteiger partial charge in [-0.2, -0.15) is 0 Å². The third-order valence-corrected chi connectivity index (χ3v) is 2.88. The molecule has 1 aromatic carbocycles. The third kappa shape index (κ3) is 4.15. The second-order valence-electron chi connectivity index (χ2n) is 4.53. The molecule has 0 aliphatic rings. The molecule has 18 heavy (non-hydrogen) atoms. The van der Waals surface area contributed by atoms with E-state index in [1.54, 1.807) is 0 Å². The van der Waals surface area contributed by atoms with E-state index >= 15 is 0 Å². The maximum absolute atomic E-state index is 12.4. The highest BCUT2D eigenvalue weighted by molar-refractivity contribution is 5.94. The Morgan fingerprint density at radius 1 is 1.22 bits per heavy atom. The molecule has 0 fully saturated rings. The van der Waals surface area contributed by atoms with E-state index in [-0.39, 0.29) is 5.91 Å². The Labute approximate surface area is 110 Å². The Morgan fingerprint density at radius 3 is 2.44 bits per heavy atom. The van der Waals surface area contributed by atoms with Gasteiger partial charge in [-0.3, -0.25) is 4.79 Å². The van der Waals surface area contributed by atoms with Gasteiger partial charge < -0.3 is 10.6 Å². The van der Waals surface area contributed by atoms with E-state index in [4.69, 9.17) is 5.73 Å². The Bertz CT molecular complexity index is 371. The van der Waals surface area contributed by atoms with Gasteiger partial charge in [0, 0.05) is 18.7 Å². The molecular formula is C15H24N2O. The predicted octanol–water partition coefficient (Wildman–Crippen LogP) is 2.45. The molecule has 1 amide bonds. The van der Waals surface area contributed by atoms with Crippen molar-refractivity contribution in [2.75, 3.05) is 19.6 Å². The lowest BCUT2D eigenvalue weighted by atomic mass is 10.1. The molecule has 1 aromatic rings. The van der Waals surface area contributed by atoms with E-state index in [0.29, 0.717) is 6.54 Å². The van der Waals surface area contributed by atoms with Crippen LogP contribution in [-0.4, -0.2) is 30.4 Å². The molecule has 100 valence electrons. The van der Waals surface area contributed by atoms with Crippen molar-refractivity contribution in [1.29, 1.82) is 0 Å². The van der Waals surface area contributed by atoms with Crippen LogP contribution in [0.3, 0.4) is 0 Å². The summed E-state index contributed by atoms with van der Waals surface area (Å²) in [5.74, 6) is 0.137. The SMILES string of the molecule is CCCN(CCC)C(=O)c1cccc(CCN)c1. The number of rotatable bonds is 7. The summed E-state index contributed by atoms with van der Waals surface area (Å²) in [6.45, 7) is 6.47. The Kier molecular flexibility index (Phi) is 6.44. The highest BCUT2D eigenvalue weighted by atomic mass is 16.2. The first-order valence-electron chi connectivity index (χ1n) is 6.81. The average molecular weight is 248 g/mol. The summed E-state index contributed by atoms with van der Waals surface area (Å²) in [4.78, 5) is 14.3. The van der Waals surface area contributed by atoms with Crippen LogP contribution in [0.1, 0.15) is 42.6 Å². The lowest BCUT2D eigenvalue weighted by Gasteiger charge is -2.21. The minimum Gasteiger partial charge on any atom is -0.339 e. The van der Waals surface area contributed by atoms with Crippen molar-refractivity contribution in [3.05, 3.63) is 35.4 Å². The lowest BCUT2D eigenvalue weighted by Crippen LogP contribution is -2.32. The summed E-state index contributed by atoms with van der Waals surface area (Å²) in [5, 5.41) is 0. The minimum atomic E-state index is 0.137. The van der Waals surface area contributed by atoms with Crippen LogP contribution in [0.15, 0.2) is 24.3 Å². The fourth-order valence-electron chi connectivity index (χ4n) is 2.06. The molecule has 0 aliphatic carbocycles. The molecule has 0 bridgehead atoms. The van der Waals surface area contributed by atoms with Crippen molar-refractivity contribution >= 4 is 5.91 Å². The highest BCUT2D eigenvalue weighted by Crippen LogP contribution is 2.10. The molecule has 3 heteroatoms. The van der Waals surface area contributed by atoms with Crippen LogP contribution in [-0.2, 0) is 6.42 Å². The Morgan fingerprint density at radius 2 is 1.89 bits per heavy atom. The molecule has 0 saturated heterocycles. The first kappa shape index (κ1) is 14.7. The number of hydrogen-bond acceptors (Lipinski definition) is 2.